The summed E-state index contributed by atoms with van der Waals surface area (Å²) in [5.41, 5.74) is 6.76. The lowest BCUT2D eigenvalue weighted by Gasteiger charge is -2.36. The zero-order valence-corrected chi connectivity index (χ0v) is 13.0. The van der Waals surface area contributed by atoms with E-state index >= 15 is 0 Å². The molecule has 0 spiro atoms. The number of rotatable bonds is 7. The first kappa shape index (κ1) is 15.6. The molecule has 0 atom stereocenters. The van der Waals surface area contributed by atoms with E-state index in [0.29, 0.717) is 0 Å². The van der Waals surface area contributed by atoms with Gasteiger partial charge in [-0.2, -0.15) is 0 Å². The number of hydrogen-bond donors (Lipinski definition) is 1. The van der Waals surface area contributed by atoms with Crippen molar-refractivity contribution in [3.05, 3.63) is 29.3 Å². The Balaban J connectivity index is 1.67. The van der Waals surface area contributed by atoms with Crippen molar-refractivity contribution in [2.45, 2.75) is 25.7 Å². The van der Waals surface area contributed by atoms with Crippen molar-refractivity contribution in [1.29, 1.82) is 0 Å². The Labute approximate surface area is 127 Å². The van der Waals surface area contributed by atoms with Crippen LogP contribution in [0.4, 0.5) is 5.69 Å². The summed E-state index contributed by atoms with van der Waals surface area (Å²) in [5.74, 6) is 0. The highest BCUT2D eigenvalue weighted by molar-refractivity contribution is 6.30. The maximum Gasteiger partial charge on any atom is 0.0426 e. The van der Waals surface area contributed by atoms with Crippen molar-refractivity contribution in [2.24, 2.45) is 5.73 Å². The molecule has 0 unspecified atom stereocenters. The molecule has 1 saturated heterocycles. The third-order valence-corrected chi connectivity index (χ3v) is 4.21. The topological polar surface area (TPSA) is 32.5 Å². The SMILES string of the molecule is NCCCCCCN1CCN(c2cccc(Cl)c2)CC1. The molecule has 20 heavy (non-hydrogen) atoms. The average molecular weight is 296 g/mol. The monoisotopic (exact) mass is 295 g/mol. The number of hydrogen-bond acceptors (Lipinski definition) is 3. The third kappa shape index (κ3) is 4.97. The minimum absolute atomic E-state index is 0.824. The summed E-state index contributed by atoms with van der Waals surface area (Å²) in [6, 6.07) is 8.17. The van der Waals surface area contributed by atoms with Crippen molar-refractivity contribution in [3.63, 3.8) is 0 Å². The molecule has 2 rings (SSSR count). The second-order valence-electron chi connectivity index (χ2n) is 5.51. The molecule has 112 valence electrons. The first-order valence-corrected chi connectivity index (χ1v) is 8.10. The first-order valence-electron chi connectivity index (χ1n) is 7.72. The molecule has 4 heteroatoms. The maximum atomic E-state index is 6.06. The van der Waals surface area contributed by atoms with E-state index in [1.165, 1.54) is 37.9 Å². The highest BCUT2D eigenvalue weighted by atomic mass is 35.5. The third-order valence-electron chi connectivity index (χ3n) is 3.97. The van der Waals surface area contributed by atoms with Gasteiger partial charge in [-0.1, -0.05) is 30.5 Å². The van der Waals surface area contributed by atoms with Crippen molar-refractivity contribution < 1.29 is 0 Å². The van der Waals surface area contributed by atoms with Gasteiger partial charge in [-0.15, -0.1) is 0 Å². The van der Waals surface area contributed by atoms with Crippen LogP contribution in [0.5, 0.6) is 0 Å². The number of anilines is 1. The van der Waals surface area contributed by atoms with Gasteiger partial charge in [0.05, 0.1) is 0 Å². The molecule has 0 saturated carbocycles. The van der Waals surface area contributed by atoms with Crippen LogP contribution in [-0.4, -0.2) is 44.2 Å². The number of nitrogens with two attached hydrogens (primary N) is 1. The maximum absolute atomic E-state index is 6.06. The van der Waals surface area contributed by atoms with Gasteiger partial charge < -0.3 is 10.6 Å². The molecule has 3 nitrogen and oxygen atoms in total. The van der Waals surface area contributed by atoms with Crippen molar-refractivity contribution in [2.75, 3.05) is 44.2 Å². The summed E-state index contributed by atoms with van der Waals surface area (Å²) in [4.78, 5) is 5.00. The Morgan fingerprint density at radius 2 is 1.75 bits per heavy atom. The van der Waals surface area contributed by atoms with E-state index in [1.807, 2.05) is 12.1 Å². The van der Waals surface area contributed by atoms with Crippen LogP contribution in [0.25, 0.3) is 0 Å². The van der Waals surface area contributed by atoms with E-state index in [0.717, 1.165) is 37.7 Å². The smallest absolute Gasteiger partial charge is 0.0426 e. The number of benzene rings is 1. The van der Waals surface area contributed by atoms with Gasteiger partial charge in [0, 0.05) is 36.9 Å². The molecule has 0 aliphatic carbocycles. The van der Waals surface area contributed by atoms with E-state index in [1.54, 1.807) is 0 Å². The van der Waals surface area contributed by atoms with E-state index in [2.05, 4.69) is 21.9 Å². The van der Waals surface area contributed by atoms with Crippen LogP contribution < -0.4 is 10.6 Å². The predicted octanol–water partition coefficient (Wildman–Crippen LogP) is 2.98. The van der Waals surface area contributed by atoms with Crippen molar-refractivity contribution in [3.8, 4) is 0 Å². The Morgan fingerprint density at radius 3 is 2.45 bits per heavy atom. The molecule has 1 aliphatic heterocycles. The van der Waals surface area contributed by atoms with Crippen LogP contribution in [0.15, 0.2) is 24.3 Å². The molecular weight excluding hydrogens is 270 g/mol. The molecule has 1 heterocycles. The Kier molecular flexibility index (Phi) is 6.64. The summed E-state index contributed by atoms with van der Waals surface area (Å²) in [7, 11) is 0. The van der Waals surface area contributed by atoms with Crippen LogP contribution in [0.3, 0.4) is 0 Å². The second-order valence-corrected chi connectivity index (χ2v) is 5.95. The minimum Gasteiger partial charge on any atom is -0.369 e. The van der Waals surface area contributed by atoms with Gasteiger partial charge in [0.1, 0.15) is 0 Å². The van der Waals surface area contributed by atoms with Gasteiger partial charge in [0.2, 0.25) is 0 Å². The minimum atomic E-state index is 0.824. The van der Waals surface area contributed by atoms with E-state index < -0.39 is 0 Å². The lowest BCUT2D eigenvalue weighted by atomic mass is 10.1. The lowest BCUT2D eigenvalue weighted by Crippen LogP contribution is -2.46. The number of halogens is 1. The van der Waals surface area contributed by atoms with Crippen LogP contribution in [0.2, 0.25) is 5.02 Å². The summed E-state index contributed by atoms with van der Waals surface area (Å²) < 4.78 is 0. The first-order chi connectivity index (χ1) is 9.79. The summed E-state index contributed by atoms with van der Waals surface area (Å²) in [5, 5.41) is 0.824. The molecule has 2 N–H and O–H groups in total. The van der Waals surface area contributed by atoms with Crippen LogP contribution in [0.1, 0.15) is 25.7 Å². The zero-order chi connectivity index (χ0) is 14.2. The zero-order valence-electron chi connectivity index (χ0n) is 12.2. The van der Waals surface area contributed by atoms with Gasteiger partial charge in [-0.25, -0.2) is 0 Å². The quantitative estimate of drug-likeness (QED) is 0.785. The lowest BCUT2D eigenvalue weighted by molar-refractivity contribution is 0.252. The molecule has 0 bridgehead atoms. The molecule has 1 aliphatic rings. The van der Waals surface area contributed by atoms with Crippen molar-refractivity contribution >= 4 is 17.3 Å². The van der Waals surface area contributed by atoms with E-state index in [9.17, 15) is 0 Å². The largest absolute Gasteiger partial charge is 0.369 e. The van der Waals surface area contributed by atoms with Gasteiger partial charge in [-0.05, 0) is 44.1 Å². The summed E-state index contributed by atoms with van der Waals surface area (Å²) in [6.07, 6.45) is 5.06. The highest BCUT2D eigenvalue weighted by Crippen LogP contribution is 2.20. The Morgan fingerprint density at radius 1 is 1.00 bits per heavy atom. The van der Waals surface area contributed by atoms with Crippen molar-refractivity contribution in [1.82, 2.24) is 4.90 Å². The Hall–Kier alpha value is -0.770. The molecule has 1 fully saturated rings. The summed E-state index contributed by atoms with van der Waals surface area (Å²) >= 11 is 6.06. The molecule has 0 amide bonds. The van der Waals surface area contributed by atoms with Crippen LogP contribution >= 0.6 is 11.6 Å². The average Bonchev–Trinajstić information content (AvgIpc) is 2.48. The Bertz CT molecular complexity index is 389. The van der Waals surface area contributed by atoms with E-state index in [-0.39, 0.29) is 0 Å². The molecule has 0 aromatic heterocycles. The fourth-order valence-corrected chi connectivity index (χ4v) is 2.92. The molecule has 0 radical (unpaired) electrons. The second kappa shape index (κ2) is 8.50. The van der Waals surface area contributed by atoms with Gasteiger partial charge in [0.15, 0.2) is 0 Å². The normalized spacial score (nSPS) is 16.6. The van der Waals surface area contributed by atoms with Crippen LogP contribution in [-0.2, 0) is 0 Å². The number of piperazine rings is 1. The van der Waals surface area contributed by atoms with E-state index in [4.69, 9.17) is 17.3 Å². The molecule has 1 aromatic rings. The fourth-order valence-electron chi connectivity index (χ4n) is 2.74. The van der Waals surface area contributed by atoms with Gasteiger partial charge >= 0.3 is 0 Å². The van der Waals surface area contributed by atoms with Crippen LogP contribution in [0, 0.1) is 0 Å². The standard InChI is InChI=1S/C16H26ClN3/c17-15-6-5-7-16(14-15)20-12-10-19(11-13-20)9-4-2-1-3-8-18/h5-7,14H,1-4,8-13,18H2. The number of unbranched alkanes of at least 4 members (excludes halogenated alkanes) is 3. The number of nitrogens with zero attached hydrogens (tertiary/aromatic N) is 2. The highest BCUT2D eigenvalue weighted by Gasteiger charge is 2.16. The fraction of sp³-hybridized carbons (Fsp3) is 0.625. The summed E-state index contributed by atoms with van der Waals surface area (Å²) in [6.45, 7) is 6.57. The predicted molar refractivity (Wildman–Crippen MR) is 87.6 cm³/mol. The molecular formula is C16H26ClN3. The van der Waals surface area contributed by atoms with Gasteiger partial charge in [0.25, 0.3) is 0 Å². The molecule has 1 aromatic carbocycles. The van der Waals surface area contributed by atoms with Gasteiger partial charge in [-0.3, -0.25) is 4.90 Å².